The van der Waals surface area contributed by atoms with Crippen LogP contribution in [-0.2, 0) is 6.54 Å². The highest BCUT2D eigenvalue weighted by Gasteiger charge is 2.10. The van der Waals surface area contributed by atoms with E-state index in [0.717, 1.165) is 23.6 Å². The lowest BCUT2D eigenvalue weighted by atomic mass is 10.3. The van der Waals surface area contributed by atoms with E-state index >= 15 is 0 Å². The molecule has 130 valence electrons. The smallest absolute Gasteiger partial charge is 0.241 e. The van der Waals surface area contributed by atoms with Crippen LogP contribution < -0.4 is 9.47 Å². The molecular weight excluding hydrogens is 320 g/mol. The summed E-state index contributed by atoms with van der Waals surface area (Å²) in [5, 5.41) is 3.99. The summed E-state index contributed by atoms with van der Waals surface area (Å²) >= 11 is 0. The van der Waals surface area contributed by atoms with E-state index in [0.29, 0.717) is 24.9 Å². The van der Waals surface area contributed by atoms with Crippen molar-refractivity contribution in [2.45, 2.75) is 6.54 Å². The highest BCUT2D eigenvalue weighted by atomic mass is 16.5. The molecule has 0 aliphatic heterocycles. The van der Waals surface area contributed by atoms with Crippen LogP contribution in [0.5, 0.6) is 11.5 Å². The minimum atomic E-state index is 0.547. The van der Waals surface area contributed by atoms with Crippen molar-refractivity contribution < 1.29 is 14.0 Å². The molecule has 0 saturated heterocycles. The van der Waals surface area contributed by atoms with Gasteiger partial charge in [0.05, 0.1) is 13.7 Å². The number of methoxy groups -OCH3 is 1. The van der Waals surface area contributed by atoms with Gasteiger partial charge in [-0.3, -0.25) is 9.88 Å². The summed E-state index contributed by atoms with van der Waals surface area (Å²) in [5.74, 6) is 2.73. The number of likely N-dealkylation sites (N-methyl/N-ethyl adjacent to an activating group) is 1. The molecule has 3 rings (SSSR count). The molecule has 0 amide bonds. The van der Waals surface area contributed by atoms with Crippen molar-refractivity contribution >= 4 is 0 Å². The maximum absolute atomic E-state index is 5.72. The minimum absolute atomic E-state index is 0.547. The largest absolute Gasteiger partial charge is 0.497 e. The summed E-state index contributed by atoms with van der Waals surface area (Å²) in [4.78, 5) is 10.5. The molecule has 0 aliphatic carbocycles. The Morgan fingerprint density at radius 2 is 1.92 bits per heavy atom. The summed E-state index contributed by atoms with van der Waals surface area (Å²) in [7, 11) is 3.62. The zero-order valence-electron chi connectivity index (χ0n) is 14.3. The molecule has 7 nitrogen and oxygen atoms in total. The quantitative estimate of drug-likeness (QED) is 0.624. The van der Waals surface area contributed by atoms with E-state index < -0.39 is 0 Å². The second-order valence-corrected chi connectivity index (χ2v) is 5.52. The molecule has 1 aromatic carbocycles. The number of ether oxygens (including phenoxy) is 2. The van der Waals surface area contributed by atoms with Gasteiger partial charge in [-0.05, 0) is 43.4 Å². The van der Waals surface area contributed by atoms with E-state index in [2.05, 4.69) is 20.0 Å². The number of rotatable bonds is 8. The molecule has 0 atom stereocenters. The number of hydrogen-bond acceptors (Lipinski definition) is 7. The molecule has 0 saturated carbocycles. The summed E-state index contributed by atoms with van der Waals surface area (Å²) < 4.78 is 16.1. The van der Waals surface area contributed by atoms with E-state index in [1.165, 1.54) is 0 Å². The second kappa shape index (κ2) is 8.25. The number of aromatic nitrogens is 3. The minimum Gasteiger partial charge on any atom is -0.497 e. The maximum atomic E-state index is 5.72. The van der Waals surface area contributed by atoms with Gasteiger partial charge in [-0.1, -0.05) is 5.16 Å². The van der Waals surface area contributed by atoms with Gasteiger partial charge in [-0.25, -0.2) is 0 Å². The molecule has 3 aromatic rings. The summed E-state index contributed by atoms with van der Waals surface area (Å²) in [6.45, 7) is 1.85. The molecule has 2 aromatic heterocycles. The van der Waals surface area contributed by atoms with Crippen molar-refractivity contribution in [2.24, 2.45) is 0 Å². The van der Waals surface area contributed by atoms with Crippen LogP contribution in [0.3, 0.4) is 0 Å². The lowest BCUT2D eigenvalue weighted by Crippen LogP contribution is -2.24. The van der Waals surface area contributed by atoms with Crippen LogP contribution in [-0.4, -0.2) is 47.3 Å². The van der Waals surface area contributed by atoms with E-state index in [1.54, 1.807) is 19.5 Å². The van der Waals surface area contributed by atoms with E-state index in [9.17, 15) is 0 Å². The Kier molecular flexibility index (Phi) is 5.58. The van der Waals surface area contributed by atoms with Crippen molar-refractivity contribution in [2.75, 3.05) is 27.3 Å². The first-order chi connectivity index (χ1) is 12.2. The lowest BCUT2D eigenvalue weighted by Gasteiger charge is -2.14. The molecule has 7 heteroatoms. The number of pyridine rings is 1. The van der Waals surface area contributed by atoms with E-state index in [4.69, 9.17) is 14.0 Å². The van der Waals surface area contributed by atoms with Gasteiger partial charge in [-0.2, -0.15) is 4.98 Å². The van der Waals surface area contributed by atoms with Gasteiger partial charge in [0.25, 0.3) is 0 Å². The van der Waals surface area contributed by atoms with Crippen LogP contribution in [0.4, 0.5) is 0 Å². The predicted octanol–water partition coefficient (Wildman–Crippen LogP) is 2.65. The highest BCUT2D eigenvalue weighted by Crippen LogP contribution is 2.17. The standard InChI is InChI=1S/C18H20N4O3/c1-22(10-11-24-16-7-5-15(23-2)6-8-16)13-17-20-18(21-25-17)14-4-3-9-19-12-14/h3-9,12H,10-11,13H2,1-2H3. The molecule has 0 bridgehead atoms. The van der Waals surface area contributed by atoms with Crippen molar-refractivity contribution in [3.63, 3.8) is 0 Å². The highest BCUT2D eigenvalue weighted by molar-refractivity contribution is 5.51. The van der Waals surface area contributed by atoms with Gasteiger partial charge >= 0.3 is 0 Å². The van der Waals surface area contributed by atoms with E-state index in [-0.39, 0.29) is 0 Å². The normalized spacial score (nSPS) is 10.8. The maximum Gasteiger partial charge on any atom is 0.241 e. The molecule has 0 radical (unpaired) electrons. The van der Waals surface area contributed by atoms with Gasteiger partial charge < -0.3 is 14.0 Å². The molecule has 0 N–H and O–H groups in total. The fourth-order valence-corrected chi connectivity index (χ4v) is 2.23. The Balaban J connectivity index is 1.46. The van der Waals surface area contributed by atoms with Crippen molar-refractivity contribution in [3.05, 3.63) is 54.7 Å². The van der Waals surface area contributed by atoms with Gasteiger partial charge in [0.2, 0.25) is 11.7 Å². The monoisotopic (exact) mass is 340 g/mol. The SMILES string of the molecule is COc1ccc(OCCN(C)Cc2nc(-c3cccnc3)no2)cc1. The topological polar surface area (TPSA) is 73.5 Å². The molecular formula is C18H20N4O3. The average molecular weight is 340 g/mol. The Morgan fingerprint density at radius 1 is 1.12 bits per heavy atom. The number of benzene rings is 1. The Morgan fingerprint density at radius 3 is 2.64 bits per heavy atom. The lowest BCUT2D eigenvalue weighted by molar-refractivity contribution is 0.212. The second-order valence-electron chi connectivity index (χ2n) is 5.52. The summed E-state index contributed by atoms with van der Waals surface area (Å²) in [6, 6.07) is 11.3. The Hall–Kier alpha value is -2.93. The first-order valence-electron chi connectivity index (χ1n) is 7.93. The predicted molar refractivity (Wildman–Crippen MR) is 92.4 cm³/mol. The van der Waals surface area contributed by atoms with Gasteiger partial charge in [0.15, 0.2) is 0 Å². The molecule has 0 spiro atoms. The summed E-state index contributed by atoms with van der Waals surface area (Å²) in [6.07, 6.45) is 3.42. The van der Waals surface area contributed by atoms with Crippen LogP contribution in [0.2, 0.25) is 0 Å². The van der Waals surface area contributed by atoms with E-state index in [1.807, 2.05) is 43.4 Å². The van der Waals surface area contributed by atoms with Crippen LogP contribution in [0.15, 0.2) is 53.3 Å². The fourth-order valence-electron chi connectivity index (χ4n) is 2.23. The fraction of sp³-hybridized carbons (Fsp3) is 0.278. The summed E-state index contributed by atoms with van der Waals surface area (Å²) in [5.41, 5.74) is 0.836. The third kappa shape index (κ3) is 4.77. The number of hydrogen-bond donors (Lipinski definition) is 0. The zero-order chi connectivity index (χ0) is 17.5. The molecule has 0 aliphatic rings. The third-order valence-corrected chi connectivity index (χ3v) is 3.59. The number of nitrogens with zero attached hydrogens (tertiary/aromatic N) is 4. The molecule has 0 unspecified atom stereocenters. The average Bonchev–Trinajstić information content (AvgIpc) is 3.11. The van der Waals surface area contributed by atoms with Crippen LogP contribution >= 0.6 is 0 Å². The van der Waals surface area contributed by atoms with Crippen LogP contribution in [0, 0.1) is 0 Å². The first kappa shape index (κ1) is 16.9. The molecule has 0 fully saturated rings. The van der Waals surface area contributed by atoms with Crippen LogP contribution in [0.25, 0.3) is 11.4 Å². The molecule has 25 heavy (non-hydrogen) atoms. The third-order valence-electron chi connectivity index (χ3n) is 3.59. The van der Waals surface area contributed by atoms with Crippen LogP contribution in [0.1, 0.15) is 5.89 Å². The molecule has 2 heterocycles. The first-order valence-corrected chi connectivity index (χ1v) is 7.93. The Labute approximate surface area is 146 Å². The van der Waals surface area contributed by atoms with Gasteiger partial charge in [-0.15, -0.1) is 0 Å². The van der Waals surface area contributed by atoms with Gasteiger partial charge in [0.1, 0.15) is 18.1 Å². The van der Waals surface area contributed by atoms with Gasteiger partial charge in [0, 0.05) is 24.5 Å². The zero-order valence-corrected chi connectivity index (χ0v) is 14.3. The Bertz CT molecular complexity index is 775. The van der Waals surface area contributed by atoms with Crippen molar-refractivity contribution in [1.29, 1.82) is 0 Å². The van der Waals surface area contributed by atoms with Crippen molar-refractivity contribution in [1.82, 2.24) is 20.0 Å². The van der Waals surface area contributed by atoms with Crippen molar-refractivity contribution in [3.8, 4) is 22.9 Å².